The molecule has 0 saturated heterocycles. The predicted octanol–water partition coefficient (Wildman–Crippen LogP) is 13.8. The van der Waals surface area contributed by atoms with E-state index in [4.69, 9.17) is 14.0 Å². The number of phosphoric acid groups is 1. The van der Waals surface area contributed by atoms with Gasteiger partial charge < -0.3 is 14.4 Å². The Labute approximate surface area is 331 Å². The number of esters is 2. The Hall–Kier alpha value is -1.99. The number of allylic oxidation sites excluding steroid dienone is 8. The summed E-state index contributed by atoms with van der Waals surface area (Å²) in [5.41, 5.74) is 0. The normalized spacial score (nSPS) is 13.8. The average Bonchev–Trinajstić information content (AvgIpc) is 3.16. The van der Waals surface area contributed by atoms with Crippen LogP contribution in [0.4, 0.5) is 0 Å². The van der Waals surface area contributed by atoms with Crippen LogP contribution in [-0.4, -0.2) is 43.3 Å². The van der Waals surface area contributed by atoms with Crippen LogP contribution < -0.4 is 0 Å². The van der Waals surface area contributed by atoms with Crippen molar-refractivity contribution in [2.24, 2.45) is 0 Å². The Balaban J connectivity index is 4.01. The van der Waals surface area contributed by atoms with Crippen LogP contribution in [0.15, 0.2) is 48.6 Å². The van der Waals surface area contributed by atoms with Crippen molar-refractivity contribution in [1.29, 1.82) is 0 Å². The van der Waals surface area contributed by atoms with E-state index in [9.17, 15) is 19.0 Å². The molecule has 0 aliphatic rings. The van der Waals surface area contributed by atoms with Gasteiger partial charge in [-0.25, -0.2) is 4.57 Å². The first kappa shape index (κ1) is 52.0. The molecule has 0 aliphatic heterocycles. The van der Waals surface area contributed by atoms with Gasteiger partial charge in [-0.3, -0.25) is 18.6 Å². The first-order valence-corrected chi connectivity index (χ1v) is 23.3. The van der Waals surface area contributed by atoms with E-state index in [-0.39, 0.29) is 19.0 Å². The number of rotatable bonds is 40. The van der Waals surface area contributed by atoms with Crippen molar-refractivity contribution < 1.29 is 37.6 Å². The summed E-state index contributed by atoms with van der Waals surface area (Å²) in [5.74, 6) is -0.815. The quantitative estimate of drug-likeness (QED) is 0.0283. The summed E-state index contributed by atoms with van der Waals surface area (Å²) in [6.07, 6.45) is 48.7. The molecule has 54 heavy (non-hydrogen) atoms. The Morgan fingerprint density at radius 2 is 0.944 bits per heavy atom. The van der Waals surface area contributed by atoms with Gasteiger partial charge in [-0.2, -0.15) is 0 Å². The van der Waals surface area contributed by atoms with E-state index in [1.165, 1.54) is 83.5 Å². The zero-order valence-corrected chi connectivity index (χ0v) is 35.8. The molecular weight excluding hydrogens is 699 g/mol. The van der Waals surface area contributed by atoms with E-state index in [0.717, 1.165) is 90.6 Å². The lowest BCUT2D eigenvalue weighted by Gasteiger charge is -2.19. The summed E-state index contributed by atoms with van der Waals surface area (Å²) < 4.78 is 32.0. The first-order valence-electron chi connectivity index (χ1n) is 21.8. The second-order valence-electron chi connectivity index (χ2n) is 14.5. The van der Waals surface area contributed by atoms with E-state index >= 15 is 0 Å². The third kappa shape index (κ3) is 39.7. The van der Waals surface area contributed by atoms with Crippen molar-refractivity contribution in [1.82, 2.24) is 0 Å². The molecule has 8 nitrogen and oxygen atoms in total. The SMILES string of the molecule is CC/C=C\C/C=C\C/C=C\C/C=C\CCCCCCCCC(=O)OC(COC(=O)CCCCCCCCCCCCCCCCCC)COP(=O)(O)OC. The Morgan fingerprint density at radius 3 is 1.41 bits per heavy atom. The largest absolute Gasteiger partial charge is 0.472 e. The molecule has 1 N–H and O–H groups in total. The molecule has 0 aromatic carbocycles. The number of unbranched alkanes of at least 4 members (excludes halogenated alkanes) is 21. The summed E-state index contributed by atoms with van der Waals surface area (Å²) in [5, 5.41) is 0. The minimum absolute atomic E-state index is 0.229. The minimum Gasteiger partial charge on any atom is -0.462 e. The van der Waals surface area contributed by atoms with Gasteiger partial charge in [0.25, 0.3) is 0 Å². The summed E-state index contributed by atoms with van der Waals surface area (Å²) in [6, 6.07) is 0. The second kappa shape index (κ2) is 40.7. The fraction of sp³-hybridized carbons (Fsp3) is 0.778. The molecule has 0 fully saturated rings. The van der Waals surface area contributed by atoms with Crippen molar-refractivity contribution >= 4 is 19.8 Å². The van der Waals surface area contributed by atoms with Gasteiger partial charge in [-0.05, 0) is 51.4 Å². The topological polar surface area (TPSA) is 108 Å². The van der Waals surface area contributed by atoms with E-state index in [1.807, 2.05) is 0 Å². The Morgan fingerprint density at radius 1 is 0.537 bits per heavy atom. The summed E-state index contributed by atoms with van der Waals surface area (Å²) in [4.78, 5) is 34.5. The van der Waals surface area contributed by atoms with E-state index in [1.54, 1.807) is 0 Å². The summed E-state index contributed by atoms with van der Waals surface area (Å²) >= 11 is 0. The number of ether oxygens (including phenoxy) is 2. The molecule has 9 heteroatoms. The van der Waals surface area contributed by atoms with E-state index < -0.39 is 26.5 Å². The van der Waals surface area contributed by atoms with Gasteiger partial charge in [0.05, 0.1) is 6.61 Å². The minimum atomic E-state index is -4.27. The first-order chi connectivity index (χ1) is 26.3. The smallest absolute Gasteiger partial charge is 0.462 e. The maximum absolute atomic E-state index is 12.5. The fourth-order valence-electron chi connectivity index (χ4n) is 6.00. The lowest BCUT2D eigenvalue weighted by atomic mass is 10.0. The number of carbonyl (C=O) groups is 2. The van der Waals surface area contributed by atoms with E-state index in [0.29, 0.717) is 12.8 Å². The van der Waals surface area contributed by atoms with Crippen LogP contribution in [0.25, 0.3) is 0 Å². The van der Waals surface area contributed by atoms with Crippen LogP contribution in [0, 0.1) is 0 Å². The van der Waals surface area contributed by atoms with Crippen molar-refractivity contribution in [3.8, 4) is 0 Å². The van der Waals surface area contributed by atoms with Gasteiger partial charge >= 0.3 is 19.8 Å². The van der Waals surface area contributed by atoms with Crippen molar-refractivity contribution in [2.75, 3.05) is 20.3 Å². The number of carbonyl (C=O) groups excluding carboxylic acids is 2. The third-order valence-corrected chi connectivity index (χ3v) is 10.3. The maximum Gasteiger partial charge on any atom is 0.472 e. The molecule has 0 saturated carbocycles. The van der Waals surface area contributed by atoms with Crippen LogP contribution >= 0.6 is 7.82 Å². The molecule has 0 aromatic rings. The predicted molar refractivity (Wildman–Crippen MR) is 225 cm³/mol. The lowest BCUT2D eigenvalue weighted by Crippen LogP contribution is -2.29. The summed E-state index contributed by atoms with van der Waals surface area (Å²) in [7, 11) is -3.21. The van der Waals surface area contributed by atoms with Crippen LogP contribution in [-0.2, 0) is 32.7 Å². The molecule has 0 amide bonds. The molecule has 2 atom stereocenters. The third-order valence-electron chi connectivity index (χ3n) is 9.34. The Bertz CT molecular complexity index is 1020. The molecule has 0 bridgehead atoms. The Kier molecular flexibility index (Phi) is 39.2. The van der Waals surface area contributed by atoms with Crippen molar-refractivity contribution in [3.63, 3.8) is 0 Å². The highest BCUT2D eigenvalue weighted by molar-refractivity contribution is 7.47. The van der Waals surface area contributed by atoms with Gasteiger partial charge in [0, 0.05) is 20.0 Å². The highest BCUT2D eigenvalue weighted by Crippen LogP contribution is 2.42. The zero-order valence-electron chi connectivity index (χ0n) is 34.9. The van der Waals surface area contributed by atoms with Gasteiger partial charge in [-0.1, -0.05) is 184 Å². The van der Waals surface area contributed by atoms with E-state index in [2.05, 4.69) is 67.0 Å². The van der Waals surface area contributed by atoms with Gasteiger partial charge in [0.1, 0.15) is 6.61 Å². The monoisotopic (exact) mass is 781 g/mol. The molecule has 0 radical (unpaired) electrons. The van der Waals surface area contributed by atoms with Crippen LogP contribution in [0.1, 0.15) is 200 Å². The molecule has 0 aromatic heterocycles. The molecule has 0 aliphatic carbocycles. The summed E-state index contributed by atoms with van der Waals surface area (Å²) in [6.45, 7) is 3.78. The zero-order chi connectivity index (χ0) is 39.6. The van der Waals surface area contributed by atoms with Crippen molar-refractivity contribution in [2.45, 2.75) is 206 Å². The molecular formula is C45H81O8P. The fourth-order valence-corrected chi connectivity index (χ4v) is 6.46. The van der Waals surface area contributed by atoms with Crippen molar-refractivity contribution in [3.05, 3.63) is 48.6 Å². The molecule has 0 rings (SSSR count). The van der Waals surface area contributed by atoms with Crippen LogP contribution in [0.5, 0.6) is 0 Å². The highest BCUT2D eigenvalue weighted by atomic mass is 31.2. The second-order valence-corrected chi connectivity index (χ2v) is 16.0. The van der Waals surface area contributed by atoms with Gasteiger partial charge in [-0.15, -0.1) is 0 Å². The van der Waals surface area contributed by atoms with Gasteiger partial charge in [0.15, 0.2) is 6.10 Å². The standard InChI is InChI=1S/C45H81O8P/c1-4-6-8-10-12-14-16-18-20-22-23-24-26-28-30-32-34-36-38-40-45(47)53-43(42-52-54(48,49)50-3)41-51-44(46)39-37-35-33-31-29-27-25-21-19-17-15-13-11-9-7-5-2/h6,8,12,14,18,20,23-24,43H,4-5,7,9-11,13,15-17,19,21-22,25-42H2,1-3H3,(H,48,49)/b8-6-,14-12-,20-18-,24-23-. The molecule has 0 spiro atoms. The lowest BCUT2D eigenvalue weighted by molar-refractivity contribution is -0.161. The average molecular weight is 781 g/mol. The number of phosphoric ester groups is 1. The molecule has 0 heterocycles. The molecule has 314 valence electrons. The number of hydrogen-bond acceptors (Lipinski definition) is 7. The number of hydrogen-bond donors (Lipinski definition) is 1. The highest BCUT2D eigenvalue weighted by Gasteiger charge is 2.24. The maximum atomic E-state index is 12.5. The van der Waals surface area contributed by atoms with Gasteiger partial charge in [0.2, 0.25) is 0 Å². The van der Waals surface area contributed by atoms with Crippen LogP contribution in [0.3, 0.4) is 0 Å². The molecule has 2 unspecified atom stereocenters. The van der Waals surface area contributed by atoms with Crippen LogP contribution in [0.2, 0.25) is 0 Å².